The van der Waals surface area contributed by atoms with Crippen LogP contribution in [0.1, 0.15) is 44.8 Å². The molecule has 8 nitrogen and oxygen atoms in total. The minimum atomic E-state index is -4.52. The van der Waals surface area contributed by atoms with Gasteiger partial charge in [-0.05, 0) is 42.8 Å². The lowest BCUT2D eigenvalue weighted by atomic mass is 9.81. The molecule has 0 aliphatic carbocycles. The highest BCUT2D eigenvalue weighted by Crippen LogP contribution is 2.59. The maximum absolute atomic E-state index is 13.7. The van der Waals surface area contributed by atoms with Crippen molar-refractivity contribution >= 4 is 5.97 Å². The van der Waals surface area contributed by atoms with Crippen molar-refractivity contribution in [2.45, 2.75) is 24.7 Å². The predicted molar refractivity (Wildman–Crippen MR) is 136 cm³/mol. The Kier molecular flexibility index (Phi) is 6.21. The molecule has 0 spiro atoms. The summed E-state index contributed by atoms with van der Waals surface area (Å²) in [5.74, 6) is 1.12. The summed E-state index contributed by atoms with van der Waals surface area (Å²) in [4.78, 5) is 15.2. The van der Waals surface area contributed by atoms with Gasteiger partial charge in [0.1, 0.15) is 11.7 Å². The van der Waals surface area contributed by atoms with Gasteiger partial charge in [-0.3, -0.25) is 4.90 Å². The van der Waals surface area contributed by atoms with E-state index in [4.69, 9.17) is 28.4 Å². The Morgan fingerprint density at radius 3 is 2.40 bits per heavy atom. The fourth-order valence-corrected chi connectivity index (χ4v) is 5.99. The molecule has 0 saturated heterocycles. The Morgan fingerprint density at radius 2 is 1.70 bits per heavy atom. The summed E-state index contributed by atoms with van der Waals surface area (Å²) in [5.41, 5.74) is 2.35. The van der Waals surface area contributed by atoms with Crippen LogP contribution in [0.2, 0.25) is 0 Å². The van der Waals surface area contributed by atoms with Crippen LogP contribution < -0.4 is 23.7 Å². The number of cyclic esters (lactones) is 1. The summed E-state index contributed by atoms with van der Waals surface area (Å²) in [7, 11) is 6.33. The minimum Gasteiger partial charge on any atom is -0.493 e. The number of rotatable bonds is 5. The molecular weight excluding hydrogens is 531 g/mol. The van der Waals surface area contributed by atoms with Crippen molar-refractivity contribution < 1.29 is 46.4 Å². The number of carbonyl (C=O) groups is 1. The van der Waals surface area contributed by atoms with Gasteiger partial charge in [0.2, 0.25) is 12.5 Å². The van der Waals surface area contributed by atoms with E-state index in [1.165, 1.54) is 27.4 Å². The van der Waals surface area contributed by atoms with E-state index in [1.807, 2.05) is 11.9 Å². The van der Waals surface area contributed by atoms with E-state index < -0.39 is 29.9 Å². The number of esters is 1. The predicted octanol–water partition coefficient (Wildman–Crippen LogP) is 5.57. The van der Waals surface area contributed by atoms with Gasteiger partial charge >= 0.3 is 12.1 Å². The number of fused-ring (bicyclic) bond motifs is 3. The number of ether oxygens (including phenoxy) is 6. The molecule has 0 amide bonds. The van der Waals surface area contributed by atoms with E-state index in [-0.39, 0.29) is 18.1 Å². The highest BCUT2D eigenvalue weighted by atomic mass is 19.4. The third-order valence-corrected chi connectivity index (χ3v) is 7.69. The highest BCUT2D eigenvalue weighted by molar-refractivity contribution is 5.98. The van der Waals surface area contributed by atoms with E-state index in [9.17, 15) is 18.0 Å². The molecule has 210 valence electrons. The summed E-state index contributed by atoms with van der Waals surface area (Å²) in [6, 6.07) is 8.06. The molecule has 11 heteroatoms. The zero-order valence-electron chi connectivity index (χ0n) is 22.2. The maximum Gasteiger partial charge on any atom is 0.416 e. The van der Waals surface area contributed by atoms with Crippen molar-refractivity contribution in [3.8, 4) is 39.9 Å². The molecule has 0 N–H and O–H groups in total. The molecule has 2 unspecified atom stereocenters. The zero-order valence-corrected chi connectivity index (χ0v) is 22.2. The quantitative estimate of drug-likeness (QED) is 0.377. The summed E-state index contributed by atoms with van der Waals surface area (Å²) in [5, 5.41) is 0. The van der Waals surface area contributed by atoms with E-state index in [0.717, 1.165) is 17.7 Å². The number of methoxy groups -OCH3 is 3. The van der Waals surface area contributed by atoms with E-state index in [0.29, 0.717) is 58.2 Å². The lowest BCUT2D eigenvalue weighted by Crippen LogP contribution is -2.36. The van der Waals surface area contributed by atoms with Crippen LogP contribution in [0.4, 0.5) is 13.2 Å². The number of hydrogen-bond donors (Lipinski definition) is 0. The molecule has 6 rings (SSSR count). The van der Waals surface area contributed by atoms with Crippen LogP contribution in [0.5, 0.6) is 28.7 Å². The van der Waals surface area contributed by atoms with Crippen molar-refractivity contribution in [3.63, 3.8) is 0 Å². The zero-order chi connectivity index (χ0) is 28.3. The van der Waals surface area contributed by atoms with Gasteiger partial charge in [-0.1, -0.05) is 18.2 Å². The second-order valence-electron chi connectivity index (χ2n) is 9.71. The molecule has 0 fully saturated rings. The third-order valence-electron chi connectivity index (χ3n) is 7.69. The maximum atomic E-state index is 13.7. The lowest BCUT2D eigenvalue weighted by Gasteiger charge is -2.39. The molecule has 2 atom stereocenters. The normalized spacial score (nSPS) is 19.6. The van der Waals surface area contributed by atoms with Crippen molar-refractivity contribution in [1.82, 2.24) is 4.90 Å². The number of hydrogen-bond acceptors (Lipinski definition) is 8. The van der Waals surface area contributed by atoms with Crippen molar-refractivity contribution in [1.29, 1.82) is 0 Å². The Labute approximate surface area is 228 Å². The average Bonchev–Trinajstić information content (AvgIpc) is 3.55. The average molecular weight is 558 g/mol. The Morgan fingerprint density at radius 1 is 0.950 bits per heavy atom. The molecule has 0 radical (unpaired) electrons. The van der Waals surface area contributed by atoms with Crippen molar-refractivity contribution in [2.24, 2.45) is 0 Å². The van der Waals surface area contributed by atoms with Crippen LogP contribution in [-0.4, -0.2) is 52.6 Å². The van der Waals surface area contributed by atoms with Crippen LogP contribution in [0.15, 0.2) is 36.4 Å². The monoisotopic (exact) mass is 557 g/mol. The fourth-order valence-electron chi connectivity index (χ4n) is 5.99. The number of halogens is 3. The molecule has 3 aromatic carbocycles. The number of alkyl halides is 3. The lowest BCUT2D eigenvalue weighted by molar-refractivity contribution is -0.137. The van der Waals surface area contributed by atoms with Crippen LogP contribution in [-0.2, 0) is 17.3 Å². The molecule has 0 aromatic heterocycles. The van der Waals surface area contributed by atoms with E-state index in [1.54, 1.807) is 18.2 Å². The van der Waals surface area contributed by atoms with E-state index >= 15 is 0 Å². The second-order valence-corrected chi connectivity index (χ2v) is 9.71. The van der Waals surface area contributed by atoms with Gasteiger partial charge in [-0.2, -0.15) is 13.2 Å². The Hall–Kier alpha value is -4.12. The summed E-state index contributed by atoms with van der Waals surface area (Å²) >= 11 is 0. The molecule has 3 heterocycles. The van der Waals surface area contributed by atoms with Crippen LogP contribution in [0.3, 0.4) is 0 Å². The largest absolute Gasteiger partial charge is 0.493 e. The van der Waals surface area contributed by atoms with Crippen LogP contribution >= 0.6 is 0 Å². The molecular formula is C29H26F3NO7. The van der Waals surface area contributed by atoms with Crippen molar-refractivity contribution in [2.75, 3.05) is 41.7 Å². The number of likely N-dealkylation sites (N-methyl/N-ethyl adjacent to an activating group) is 1. The third kappa shape index (κ3) is 3.82. The Bertz CT molecular complexity index is 1520. The first-order valence-electron chi connectivity index (χ1n) is 12.6. The van der Waals surface area contributed by atoms with Gasteiger partial charge in [0, 0.05) is 23.2 Å². The molecule has 40 heavy (non-hydrogen) atoms. The van der Waals surface area contributed by atoms with Gasteiger partial charge in [0.25, 0.3) is 0 Å². The van der Waals surface area contributed by atoms with Crippen LogP contribution in [0.25, 0.3) is 11.1 Å². The first-order chi connectivity index (χ1) is 19.2. The fraction of sp³-hybridized carbons (Fsp3) is 0.345. The minimum absolute atomic E-state index is 0.112. The smallest absolute Gasteiger partial charge is 0.416 e. The second kappa shape index (κ2) is 9.51. The molecule has 0 bridgehead atoms. The van der Waals surface area contributed by atoms with Gasteiger partial charge in [-0.25, -0.2) is 4.79 Å². The number of benzene rings is 3. The first-order valence-corrected chi connectivity index (χ1v) is 12.6. The number of carbonyl (C=O) groups excluding carboxylic acids is 1. The first kappa shape index (κ1) is 26.1. The molecule has 3 aromatic rings. The topological polar surface area (TPSA) is 75.7 Å². The van der Waals surface area contributed by atoms with E-state index in [2.05, 4.69) is 0 Å². The van der Waals surface area contributed by atoms with Gasteiger partial charge < -0.3 is 28.4 Å². The standard InChI is InChI=1S/C29H26F3NO7/c1-33-11-10-16-19(14-6-5-7-15(12-14)29(30,31)32)26-27(39-13-38-26)25(37-4)20(16)22(33)23-17-8-9-18(35-2)24(36-3)21(17)28(34)40-23/h5-9,12,22-23H,10-11,13H2,1-4H3. The summed E-state index contributed by atoms with van der Waals surface area (Å²) < 4.78 is 75.4. The van der Waals surface area contributed by atoms with Gasteiger partial charge in [0.15, 0.2) is 23.0 Å². The highest BCUT2D eigenvalue weighted by Gasteiger charge is 2.47. The van der Waals surface area contributed by atoms with Gasteiger partial charge in [0.05, 0.1) is 32.9 Å². The molecule has 3 aliphatic rings. The summed E-state index contributed by atoms with van der Waals surface area (Å²) in [6.45, 7) is 0.419. The number of nitrogens with zero attached hydrogens (tertiary/aromatic N) is 1. The van der Waals surface area contributed by atoms with Gasteiger partial charge in [-0.15, -0.1) is 0 Å². The molecule has 0 saturated carbocycles. The van der Waals surface area contributed by atoms with Crippen molar-refractivity contribution in [3.05, 3.63) is 64.2 Å². The Balaban J connectivity index is 1.60. The summed E-state index contributed by atoms with van der Waals surface area (Å²) in [6.07, 6.45) is -4.80. The van der Waals surface area contributed by atoms with Crippen LogP contribution in [0, 0.1) is 0 Å². The molecule has 3 aliphatic heterocycles. The SMILES string of the molecule is COc1ccc2c(c1OC)C(=O)OC2C1c2c(c(-c3cccc(C(F)(F)F)c3)c3c(c2OC)OCO3)CCN1C.